The van der Waals surface area contributed by atoms with E-state index in [0.29, 0.717) is 31.2 Å². The van der Waals surface area contributed by atoms with E-state index in [9.17, 15) is 13.2 Å². The van der Waals surface area contributed by atoms with Gasteiger partial charge >= 0.3 is 0 Å². The van der Waals surface area contributed by atoms with Gasteiger partial charge in [-0.15, -0.1) is 11.3 Å². The van der Waals surface area contributed by atoms with E-state index in [2.05, 4.69) is 0 Å². The van der Waals surface area contributed by atoms with E-state index in [-0.39, 0.29) is 29.9 Å². The number of benzene rings is 2. The number of carbonyl (C=O) groups is 1. The van der Waals surface area contributed by atoms with Crippen molar-refractivity contribution in [2.75, 3.05) is 33.4 Å². The minimum atomic E-state index is -3.88. The monoisotopic (exact) mass is 542 g/mol. The summed E-state index contributed by atoms with van der Waals surface area (Å²) in [6.07, 6.45) is 1.40. The molecule has 0 N–H and O–H groups in total. The summed E-state index contributed by atoms with van der Waals surface area (Å²) in [5, 5.41) is 2.04. The minimum absolute atomic E-state index is 0.146. The van der Waals surface area contributed by atoms with Gasteiger partial charge < -0.3 is 14.4 Å². The lowest BCUT2D eigenvalue weighted by Gasteiger charge is -2.37. The van der Waals surface area contributed by atoms with E-state index >= 15 is 0 Å². The summed E-state index contributed by atoms with van der Waals surface area (Å²) in [5.41, 5.74) is 1.08. The molecule has 198 valence electrons. The van der Waals surface area contributed by atoms with Gasteiger partial charge in [-0.2, -0.15) is 4.31 Å². The Kier molecular flexibility index (Phi) is 8.89. The number of nitrogens with zero attached hydrogens (tertiary/aromatic N) is 2. The van der Waals surface area contributed by atoms with Crippen LogP contribution in [0.5, 0.6) is 11.5 Å². The van der Waals surface area contributed by atoms with Crippen LogP contribution in [-0.2, 0) is 21.2 Å². The maximum Gasteiger partial charge on any atom is 0.243 e. The third-order valence-electron chi connectivity index (χ3n) is 6.53. The molecule has 0 fully saturated rings. The molecule has 0 unspecified atom stereocenters. The molecule has 1 aliphatic heterocycles. The molecular formula is C28H34N2O5S2. The van der Waals surface area contributed by atoms with Crippen LogP contribution < -0.4 is 9.47 Å². The first-order chi connectivity index (χ1) is 17.8. The number of sulfonamides is 1. The Morgan fingerprint density at radius 2 is 1.81 bits per heavy atom. The van der Waals surface area contributed by atoms with Gasteiger partial charge in [0.15, 0.2) is 0 Å². The lowest BCUT2D eigenvalue weighted by atomic mass is 10.0. The zero-order valence-electron chi connectivity index (χ0n) is 21.5. The topological polar surface area (TPSA) is 76.2 Å². The molecule has 0 aliphatic carbocycles. The van der Waals surface area contributed by atoms with Crippen LogP contribution in [-0.4, -0.2) is 56.9 Å². The lowest BCUT2D eigenvalue weighted by Crippen LogP contribution is -2.48. The molecule has 1 aliphatic rings. The van der Waals surface area contributed by atoms with Crippen molar-refractivity contribution in [3.05, 3.63) is 76.5 Å². The van der Waals surface area contributed by atoms with Gasteiger partial charge in [0.2, 0.25) is 15.9 Å². The molecule has 1 aromatic heterocycles. The SMILES string of the molecule is COc1ccc(S(=O)(=O)N(CCC(C)C)CC(=O)N2CCc3sccc3[C@H]2COc2ccccc2)cc1. The van der Waals surface area contributed by atoms with Gasteiger partial charge in [-0.1, -0.05) is 32.0 Å². The first-order valence-electron chi connectivity index (χ1n) is 12.5. The van der Waals surface area contributed by atoms with Crippen molar-refractivity contribution < 1.29 is 22.7 Å². The summed E-state index contributed by atoms with van der Waals surface area (Å²) in [4.78, 5) is 16.9. The molecule has 0 spiro atoms. The van der Waals surface area contributed by atoms with Crippen molar-refractivity contribution in [1.29, 1.82) is 0 Å². The van der Waals surface area contributed by atoms with Crippen molar-refractivity contribution in [2.45, 2.75) is 37.6 Å². The average Bonchev–Trinajstić information content (AvgIpc) is 3.39. The highest BCUT2D eigenvalue weighted by Crippen LogP contribution is 2.34. The largest absolute Gasteiger partial charge is 0.497 e. The number of para-hydroxylation sites is 1. The molecule has 1 amide bonds. The number of hydrogen-bond acceptors (Lipinski definition) is 6. The van der Waals surface area contributed by atoms with Crippen molar-refractivity contribution in [3.8, 4) is 11.5 Å². The normalized spacial score (nSPS) is 15.6. The number of rotatable bonds is 11. The summed E-state index contributed by atoms with van der Waals surface area (Å²) in [6.45, 7) is 4.95. The molecule has 7 nitrogen and oxygen atoms in total. The number of carbonyl (C=O) groups excluding carboxylic acids is 1. The smallest absolute Gasteiger partial charge is 0.243 e. The molecule has 0 bridgehead atoms. The van der Waals surface area contributed by atoms with Gasteiger partial charge in [-0.25, -0.2) is 8.42 Å². The molecule has 0 saturated carbocycles. The maximum atomic E-state index is 13.7. The van der Waals surface area contributed by atoms with Crippen molar-refractivity contribution >= 4 is 27.3 Å². The third-order valence-corrected chi connectivity index (χ3v) is 9.39. The number of methoxy groups -OCH3 is 1. The summed E-state index contributed by atoms with van der Waals surface area (Å²) >= 11 is 1.68. The van der Waals surface area contributed by atoms with Crippen LogP contribution in [0.1, 0.15) is 36.8 Å². The highest BCUT2D eigenvalue weighted by atomic mass is 32.2. The molecule has 0 saturated heterocycles. The van der Waals surface area contributed by atoms with Gasteiger partial charge in [-0.05, 0) is 72.2 Å². The van der Waals surface area contributed by atoms with E-state index in [1.54, 1.807) is 28.4 Å². The number of hydrogen-bond donors (Lipinski definition) is 0. The Balaban J connectivity index is 1.57. The van der Waals surface area contributed by atoms with Gasteiger partial charge in [0.1, 0.15) is 18.1 Å². The Bertz CT molecular complexity index is 1270. The van der Waals surface area contributed by atoms with Crippen LogP contribution in [0, 0.1) is 5.92 Å². The molecule has 2 aromatic carbocycles. The Morgan fingerprint density at radius 3 is 2.49 bits per heavy atom. The fourth-order valence-corrected chi connectivity index (χ4v) is 6.72. The van der Waals surface area contributed by atoms with Crippen molar-refractivity contribution in [2.24, 2.45) is 5.92 Å². The summed E-state index contributed by atoms with van der Waals surface area (Å²) in [6, 6.07) is 17.6. The first-order valence-corrected chi connectivity index (χ1v) is 14.8. The number of amides is 1. The lowest BCUT2D eigenvalue weighted by molar-refractivity contribution is -0.135. The zero-order chi connectivity index (χ0) is 26.4. The number of thiophene rings is 1. The fraction of sp³-hybridized carbons (Fsp3) is 0.393. The van der Waals surface area contributed by atoms with Crippen LogP contribution >= 0.6 is 11.3 Å². The molecule has 1 atom stereocenters. The number of fused-ring (bicyclic) bond motifs is 1. The van der Waals surface area contributed by atoms with E-state index in [1.165, 1.54) is 28.4 Å². The molecule has 0 radical (unpaired) electrons. The third kappa shape index (κ3) is 6.52. The van der Waals surface area contributed by atoms with Gasteiger partial charge in [0, 0.05) is 18.0 Å². The minimum Gasteiger partial charge on any atom is -0.497 e. The van der Waals surface area contributed by atoms with Crippen LogP contribution in [0.2, 0.25) is 0 Å². The van der Waals surface area contributed by atoms with Crippen molar-refractivity contribution in [1.82, 2.24) is 9.21 Å². The summed E-state index contributed by atoms with van der Waals surface area (Å²) < 4.78 is 39.8. The van der Waals surface area contributed by atoms with Crippen LogP contribution in [0.25, 0.3) is 0 Å². The Hall–Kier alpha value is -2.88. The molecule has 3 aromatic rings. The van der Waals surface area contributed by atoms with E-state index < -0.39 is 10.0 Å². The molecule has 37 heavy (non-hydrogen) atoms. The molecule has 9 heteroatoms. The van der Waals surface area contributed by atoms with Crippen LogP contribution in [0.3, 0.4) is 0 Å². The van der Waals surface area contributed by atoms with Gasteiger partial charge in [0.25, 0.3) is 0 Å². The number of ether oxygens (including phenoxy) is 2. The predicted octanol–water partition coefficient (Wildman–Crippen LogP) is 5.00. The van der Waals surface area contributed by atoms with E-state index in [0.717, 1.165) is 17.7 Å². The zero-order valence-corrected chi connectivity index (χ0v) is 23.1. The quantitative estimate of drug-likeness (QED) is 0.341. The molecular weight excluding hydrogens is 508 g/mol. The Morgan fingerprint density at radius 1 is 1.08 bits per heavy atom. The summed E-state index contributed by atoms with van der Waals surface area (Å²) in [5.74, 6) is 1.38. The molecule has 4 rings (SSSR count). The second kappa shape index (κ2) is 12.1. The average molecular weight is 543 g/mol. The van der Waals surface area contributed by atoms with E-state index in [1.807, 2.05) is 55.6 Å². The standard InChI is InChI=1S/C28H34N2O5S2/c1-21(2)13-16-29(37(32,33)24-11-9-22(34-3)10-12-24)19-28(31)30-17-14-27-25(15-18-36-27)26(30)20-35-23-7-5-4-6-8-23/h4-12,15,18,21,26H,13-14,16-17,19-20H2,1-3H3/t26-/m1/s1. The van der Waals surface area contributed by atoms with Crippen molar-refractivity contribution in [3.63, 3.8) is 0 Å². The summed E-state index contributed by atoms with van der Waals surface area (Å²) in [7, 11) is -2.34. The molecule has 2 heterocycles. The second-order valence-corrected chi connectivity index (χ2v) is 12.4. The predicted molar refractivity (Wildman–Crippen MR) is 146 cm³/mol. The van der Waals surface area contributed by atoms with Crippen LogP contribution in [0.4, 0.5) is 0 Å². The van der Waals surface area contributed by atoms with E-state index in [4.69, 9.17) is 9.47 Å². The van der Waals surface area contributed by atoms with Crippen LogP contribution in [0.15, 0.2) is 70.9 Å². The van der Waals surface area contributed by atoms with Gasteiger partial charge in [0.05, 0.1) is 24.6 Å². The highest BCUT2D eigenvalue weighted by Gasteiger charge is 2.35. The fourth-order valence-electron chi connectivity index (χ4n) is 4.39. The first kappa shape index (κ1) is 27.2. The van der Waals surface area contributed by atoms with Gasteiger partial charge in [-0.3, -0.25) is 4.79 Å². The maximum absolute atomic E-state index is 13.7. The second-order valence-electron chi connectivity index (χ2n) is 9.47. The Labute approximate surface area is 223 Å². The highest BCUT2D eigenvalue weighted by molar-refractivity contribution is 7.89.